The summed E-state index contributed by atoms with van der Waals surface area (Å²) in [7, 11) is 0. The number of rotatable bonds is 6. The number of aromatic carboxylic acids is 1. The fourth-order valence-electron chi connectivity index (χ4n) is 2.60. The Hall–Kier alpha value is -2.15. The Morgan fingerprint density at radius 1 is 1.57 bits per heavy atom. The zero-order chi connectivity index (χ0) is 15.4. The van der Waals surface area contributed by atoms with Crippen LogP contribution in [0.25, 0.3) is 0 Å². The maximum atomic E-state index is 11.1. The molecule has 0 aromatic heterocycles. The molecule has 1 fully saturated rings. The van der Waals surface area contributed by atoms with Crippen molar-refractivity contribution in [2.24, 2.45) is 5.92 Å². The summed E-state index contributed by atoms with van der Waals surface area (Å²) in [6, 6.07) is 4.05. The number of anilines is 1. The minimum absolute atomic E-state index is 0.217. The molecule has 1 aliphatic rings. The van der Waals surface area contributed by atoms with Crippen LogP contribution in [0.5, 0.6) is 0 Å². The van der Waals surface area contributed by atoms with Crippen LogP contribution < -0.4 is 5.32 Å². The van der Waals surface area contributed by atoms with Crippen molar-refractivity contribution in [3.05, 3.63) is 33.9 Å². The average Bonchev–Trinajstić information content (AvgIpc) is 2.92. The molecule has 1 aromatic carbocycles. The van der Waals surface area contributed by atoms with E-state index in [0.29, 0.717) is 18.2 Å². The standard InChI is InChI=1S/C14H18N2O5/c1-2-13-9(5-6-21-13)8-15-10-3-4-12(16(19)20)11(7-10)14(17)18/h3-4,7,9,13,15H,2,5-6,8H2,1H3,(H,17,18). The summed E-state index contributed by atoms with van der Waals surface area (Å²) in [4.78, 5) is 21.2. The Labute approximate surface area is 122 Å². The molecule has 1 heterocycles. The largest absolute Gasteiger partial charge is 0.477 e. The number of nitrogens with one attached hydrogen (secondary N) is 1. The number of nitro benzene ring substituents is 1. The highest BCUT2D eigenvalue weighted by Crippen LogP contribution is 2.26. The maximum absolute atomic E-state index is 11.1. The van der Waals surface area contributed by atoms with Gasteiger partial charge in [0, 0.05) is 30.8 Å². The van der Waals surface area contributed by atoms with Gasteiger partial charge in [0.25, 0.3) is 5.69 Å². The van der Waals surface area contributed by atoms with E-state index in [4.69, 9.17) is 9.84 Å². The van der Waals surface area contributed by atoms with Gasteiger partial charge in [0.05, 0.1) is 11.0 Å². The van der Waals surface area contributed by atoms with E-state index in [1.165, 1.54) is 18.2 Å². The van der Waals surface area contributed by atoms with Crippen LogP contribution in [0.2, 0.25) is 0 Å². The molecule has 7 nitrogen and oxygen atoms in total. The molecular formula is C14H18N2O5. The molecule has 0 aliphatic carbocycles. The second-order valence-electron chi connectivity index (χ2n) is 5.04. The molecule has 2 rings (SSSR count). The highest BCUT2D eigenvalue weighted by atomic mass is 16.6. The topological polar surface area (TPSA) is 102 Å². The van der Waals surface area contributed by atoms with Gasteiger partial charge in [-0.05, 0) is 25.0 Å². The third-order valence-electron chi connectivity index (χ3n) is 3.74. The van der Waals surface area contributed by atoms with E-state index in [1.54, 1.807) is 0 Å². The molecule has 21 heavy (non-hydrogen) atoms. The first kappa shape index (κ1) is 15.2. The zero-order valence-corrected chi connectivity index (χ0v) is 11.7. The highest BCUT2D eigenvalue weighted by molar-refractivity contribution is 5.93. The van der Waals surface area contributed by atoms with Crippen molar-refractivity contribution in [1.29, 1.82) is 0 Å². The minimum Gasteiger partial charge on any atom is -0.477 e. The van der Waals surface area contributed by atoms with Gasteiger partial charge < -0.3 is 15.2 Å². The molecule has 7 heteroatoms. The molecule has 2 N–H and O–H groups in total. The van der Waals surface area contributed by atoms with E-state index in [0.717, 1.165) is 19.4 Å². The number of hydrogen-bond donors (Lipinski definition) is 2. The van der Waals surface area contributed by atoms with Crippen molar-refractivity contribution in [3.8, 4) is 0 Å². The van der Waals surface area contributed by atoms with Crippen LogP contribution in [-0.2, 0) is 4.74 Å². The van der Waals surface area contributed by atoms with Gasteiger partial charge in [-0.2, -0.15) is 0 Å². The van der Waals surface area contributed by atoms with Crippen LogP contribution in [0.1, 0.15) is 30.1 Å². The lowest BCUT2D eigenvalue weighted by Crippen LogP contribution is -2.22. The molecule has 1 aromatic rings. The summed E-state index contributed by atoms with van der Waals surface area (Å²) < 4.78 is 5.59. The molecular weight excluding hydrogens is 276 g/mol. The van der Waals surface area contributed by atoms with Gasteiger partial charge in [0.1, 0.15) is 5.56 Å². The Morgan fingerprint density at radius 3 is 2.95 bits per heavy atom. The Morgan fingerprint density at radius 2 is 2.33 bits per heavy atom. The smallest absolute Gasteiger partial charge is 0.342 e. The molecule has 0 amide bonds. The lowest BCUT2D eigenvalue weighted by Gasteiger charge is -2.18. The van der Waals surface area contributed by atoms with E-state index >= 15 is 0 Å². The fourth-order valence-corrected chi connectivity index (χ4v) is 2.60. The van der Waals surface area contributed by atoms with Gasteiger partial charge >= 0.3 is 5.97 Å². The average molecular weight is 294 g/mol. The van der Waals surface area contributed by atoms with Gasteiger partial charge in [-0.25, -0.2) is 4.79 Å². The molecule has 0 radical (unpaired) electrons. The molecule has 2 unspecified atom stereocenters. The monoisotopic (exact) mass is 294 g/mol. The van der Waals surface area contributed by atoms with E-state index in [9.17, 15) is 14.9 Å². The Balaban J connectivity index is 2.09. The van der Waals surface area contributed by atoms with E-state index in [2.05, 4.69) is 12.2 Å². The summed E-state index contributed by atoms with van der Waals surface area (Å²) in [6.07, 6.45) is 2.12. The first-order chi connectivity index (χ1) is 10.0. The second-order valence-corrected chi connectivity index (χ2v) is 5.04. The van der Waals surface area contributed by atoms with E-state index < -0.39 is 16.6 Å². The second kappa shape index (κ2) is 6.53. The van der Waals surface area contributed by atoms with Gasteiger partial charge in [-0.3, -0.25) is 10.1 Å². The first-order valence-corrected chi connectivity index (χ1v) is 6.90. The van der Waals surface area contributed by atoms with E-state index in [-0.39, 0.29) is 11.7 Å². The number of nitrogens with zero attached hydrogens (tertiary/aromatic N) is 1. The number of carboxylic acids is 1. The van der Waals surface area contributed by atoms with Crippen LogP contribution in [-0.4, -0.2) is 35.3 Å². The molecule has 2 atom stereocenters. The molecule has 114 valence electrons. The summed E-state index contributed by atoms with van der Waals surface area (Å²) in [6.45, 7) is 3.47. The van der Waals surface area contributed by atoms with Crippen molar-refractivity contribution in [2.45, 2.75) is 25.9 Å². The Bertz CT molecular complexity index is 546. The number of nitro groups is 1. The molecule has 1 saturated heterocycles. The van der Waals surface area contributed by atoms with Crippen molar-refractivity contribution >= 4 is 17.3 Å². The third kappa shape index (κ3) is 3.49. The third-order valence-corrected chi connectivity index (χ3v) is 3.74. The van der Waals surface area contributed by atoms with Crippen LogP contribution in [0, 0.1) is 16.0 Å². The molecule has 0 bridgehead atoms. The van der Waals surface area contributed by atoms with E-state index in [1.807, 2.05) is 0 Å². The highest BCUT2D eigenvalue weighted by Gasteiger charge is 2.26. The number of benzene rings is 1. The van der Waals surface area contributed by atoms with Gasteiger partial charge in [0.15, 0.2) is 0 Å². The maximum Gasteiger partial charge on any atom is 0.342 e. The molecule has 0 saturated carbocycles. The zero-order valence-electron chi connectivity index (χ0n) is 11.7. The Kier molecular flexibility index (Phi) is 4.74. The van der Waals surface area contributed by atoms with Crippen molar-refractivity contribution in [3.63, 3.8) is 0 Å². The predicted octanol–water partition coefficient (Wildman–Crippen LogP) is 2.52. The quantitative estimate of drug-likeness (QED) is 0.617. The van der Waals surface area contributed by atoms with Gasteiger partial charge in [0.2, 0.25) is 0 Å². The van der Waals surface area contributed by atoms with Gasteiger partial charge in [-0.1, -0.05) is 6.92 Å². The van der Waals surface area contributed by atoms with Gasteiger partial charge in [-0.15, -0.1) is 0 Å². The summed E-state index contributed by atoms with van der Waals surface area (Å²) in [5.41, 5.74) is -0.136. The van der Waals surface area contributed by atoms with Crippen molar-refractivity contribution in [1.82, 2.24) is 0 Å². The molecule has 1 aliphatic heterocycles. The van der Waals surface area contributed by atoms with Crippen molar-refractivity contribution in [2.75, 3.05) is 18.5 Å². The number of carboxylic acid groups (broad SMARTS) is 1. The summed E-state index contributed by atoms with van der Waals surface area (Å²) >= 11 is 0. The normalized spacial score (nSPS) is 21.2. The van der Waals surface area contributed by atoms with Crippen LogP contribution in [0.3, 0.4) is 0 Å². The van der Waals surface area contributed by atoms with Crippen molar-refractivity contribution < 1.29 is 19.6 Å². The summed E-state index contributed by atoms with van der Waals surface area (Å²) in [5.74, 6) is -0.931. The summed E-state index contributed by atoms with van der Waals surface area (Å²) in [5, 5.41) is 23.0. The lowest BCUT2D eigenvalue weighted by atomic mass is 9.99. The van der Waals surface area contributed by atoms with Crippen LogP contribution in [0.15, 0.2) is 18.2 Å². The number of ether oxygens (including phenoxy) is 1. The van der Waals surface area contributed by atoms with Crippen LogP contribution >= 0.6 is 0 Å². The fraction of sp³-hybridized carbons (Fsp3) is 0.500. The first-order valence-electron chi connectivity index (χ1n) is 6.90. The SMILES string of the molecule is CCC1OCCC1CNc1ccc([N+](=O)[O-])c(C(=O)O)c1. The lowest BCUT2D eigenvalue weighted by molar-refractivity contribution is -0.385. The minimum atomic E-state index is -1.30. The molecule has 0 spiro atoms. The van der Waals surface area contributed by atoms with Crippen LogP contribution in [0.4, 0.5) is 11.4 Å². The number of hydrogen-bond acceptors (Lipinski definition) is 5. The predicted molar refractivity (Wildman–Crippen MR) is 76.7 cm³/mol. The number of carbonyl (C=O) groups is 1.